The largest absolute Gasteiger partial charge is 0.377 e. The smallest absolute Gasteiger partial charge is 0.125 e. The number of thiophene rings is 1. The van der Waals surface area contributed by atoms with Crippen molar-refractivity contribution in [3.63, 3.8) is 0 Å². The van der Waals surface area contributed by atoms with Gasteiger partial charge in [0, 0.05) is 14.2 Å². The molecule has 1 aromatic heterocycles. The van der Waals surface area contributed by atoms with E-state index in [9.17, 15) is 4.39 Å². The summed E-state index contributed by atoms with van der Waals surface area (Å²) in [6.45, 7) is 4.24. The Balaban J connectivity index is 2.15. The normalized spacial score (nSPS) is 12.4. The summed E-state index contributed by atoms with van der Waals surface area (Å²) in [7, 11) is 0. The number of hydrogen-bond donors (Lipinski definition) is 1. The Bertz CT molecular complexity index is 538. The van der Waals surface area contributed by atoms with E-state index in [2.05, 4.69) is 47.2 Å². The van der Waals surface area contributed by atoms with Gasteiger partial charge in [0.15, 0.2) is 0 Å². The summed E-state index contributed by atoms with van der Waals surface area (Å²) < 4.78 is 14.1. The molecule has 0 radical (unpaired) electrons. The Kier molecular flexibility index (Phi) is 4.40. The van der Waals surface area contributed by atoms with Gasteiger partial charge < -0.3 is 5.32 Å². The van der Waals surface area contributed by atoms with Crippen LogP contribution in [0, 0.1) is 5.82 Å². The lowest BCUT2D eigenvalue weighted by Crippen LogP contribution is -2.05. The van der Waals surface area contributed by atoms with E-state index in [4.69, 9.17) is 0 Å². The van der Waals surface area contributed by atoms with Gasteiger partial charge in [-0.1, -0.05) is 6.92 Å². The second kappa shape index (κ2) is 5.85. The van der Waals surface area contributed by atoms with Crippen LogP contribution in [-0.4, -0.2) is 0 Å². The molecule has 0 spiro atoms. The average molecular weight is 328 g/mol. The molecule has 18 heavy (non-hydrogen) atoms. The highest BCUT2D eigenvalue weighted by atomic mass is 79.9. The zero-order chi connectivity index (χ0) is 13.1. The van der Waals surface area contributed by atoms with Gasteiger partial charge in [-0.15, -0.1) is 11.3 Å². The standard InChI is InChI=1S/C14H15BrFNS/c1-3-11-5-7-14(18-11)9(2)17-13-8-10(16)4-6-12(13)15/h4-9,17H,3H2,1-2H3. The van der Waals surface area contributed by atoms with E-state index in [1.54, 1.807) is 17.4 Å². The van der Waals surface area contributed by atoms with Crippen LogP contribution in [0.3, 0.4) is 0 Å². The van der Waals surface area contributed by atoms with Crippen LogP contribution >= 0.6 is 27.3 Å². The first-order valence-electron chi connectivity index (χ1n) is 5.90. The van der Waals surface area contributed by atoms with Crippen LogP contribution in [0.15, 0.2) is 34.8 Å². The van der Waals surface area contributed by atoms with E-state index in [1.165, 1.54) is 21.9 Å². The Labute approximate surface area is 119 Å². The highest BCUT2D eigenvalue weighted by Crippen LogP contribution is 2.30. The molecule has 0 amide bonds. The summed E-state index contributed by atoms with van der Waals surface area (Å²) in [5.74, 6) is -0.228. The van der Waals surface area contributed by atoms with Crippen LogP contribution in [0.1, 0.15) is 29.6 Å². The third-order valence-electron chi connectivity index (χ3n) is 2.76. The lowest BCUT2D eigenvalue weighted by Gasteiger charge is -2.15. The van der Waals surface area contributed by atoms with Crippen molar-refractivity contribution in [1.29, 1.82) is 0 Å². The third kappa shape index (κ3) is 3.12. The molecule has 0 saturated heterocycles. The van der Waals surface area contributed by atoms with Gasteiger partial charge in [-0.25, -0.2) is 4.39 Å². The molecular formula is C14H15BrFNS. The fourth-order valence-corrected chi connectivity index (χ4v) is 3.05. The Morgan fingerprint density at radius 1 is 1.33 bits per heavy atom. The molecule has 4 heteroatoms. The molecule has 0 bridgehead atoms. The number of benzene rings is 1. The van der Waals surface area contributed by atoms with E-state index in [0.29, 0.717) is 0 Å². The SMILES string of the molecule is CCc1ccc(C(C)Nc2cc(F)ccc2Br)s1. The van der Waals surface area contributed by atoms with E-state index in [-0.39, 0.29) is 11.9 Å². The first-order chi connectivity index (χ1) is 8.60. The maximum absolute atomic E-state index is 13.2. The maximum atomic E-state index is 13.2. The predicted octanol–water partition coefficient (Wildman–Crippen LogP) is 5.39. The summed E-state index contributed by atoms with van der Waals surface area (Å²) in [6, 6.07) is 9.13. The zero-order valence-corrected chi connectivity index (χ0v) is 12.7. The molecule has 1 atom stereocenters. The maximum Gasteiger partial charge on any atom is 0.125 e. The van der Waals surface area contributed by atoms with Gasteiger partial charge in [0.05, 0.1) is 11.7 Å². The van der Waals surface area contributed by atoms with Crippen molar-refractivity contribution < 1.29 is 4.39 Å². The molecule has 1 N–H and O–H groups in total. The molecule has 0 aliphatic rings. The van der Waals surface area contributed by atoms with Gasteiger partial charge in [-0.05, 0) is 59.6 Å². The minimum absolute atomic E-state index is 0.174. The Morgan fingerprint density at radius 3 is 2.78 bits per heavy atom. The molecule has 2 aromatic rings. The van der Waals surface area contributed by atoms with Crippen molar-refractivity contribution in [2.45, 2.75) is 26.3 Å². The van der Waals surface area contributed by atoms with Crippen molar-refractivity contribution in [1.82, 2.24) is 0 Å². The summed E-state index contributed by atoms with van der Waals surface area (Å²) in [4.78, 5) is 2.64. The van der Waals surface area contributed by atoms with Gasteiger partial charge in [-0.2, -0.15) is 0 Å². The van der Waals surface area contributed by atoms with Crippen LogP contribution in [-0.2, 0) is 6.42 Å². The molecule has 0 aliphatic carbocycles. The van der Waals surface area contributed by atoms with Crippen molar-refractivity contribution in [3.8, 4) is 0 Å². The summed E-state index contributed by atoms with van der Waals surface area (Å²) in [5.41, 5.74) is 0.786. The molecule has 1 nitrogen and oxygen atoms in total. The van der Waals surface area contributed by atoms with E-state index >= 15 is 0 Å². The predicted molar refractivity (Wildman–Crippen MR) is 79.8 cm³/mol. The zero-order valence-electron chi connectivity index (χ0n) is 10.3. The van der Waals surface area contributed by atoms with E-state index < -0.39 is 0 Å². The lowest BCUT2D eigenvalue weighted by molar-refractivity contribution is 0.627. The summed E-state index contributed by atoms with van der Waals surface area (Å²) in [6.07, 6.45) is 1.06. The first-order valence-corrected chi connectivity index (χ1v) is 7.51. The molecule has 0 fully saturated rings. The highest BCUT2D eigenvalue weighted by Gasteiger charge is 2.10. The van der Waals surface area contributed by atoms with Crippen LogP contribution in [0.2, 0.25) is 0 Å². The minimum Gasteiger partial charge on any atom is -0.377 e. The number of hydrogen-bond acceptors (Lipinski definition) is 2. The Hall–Kier alpha value is -0.870. The van der Waals surface area contributed by atoms with Gasteiger partial charge >= 0.3 is 0 Å². The van der Waals surface area contributed by atoms with Crippen molar-refractivity contribution in [3.05, 3.63) is 50.4 Å². The van der Waals surface area contributed by atoms with E-state index in [0.717, 1.165) is 16.6 Å². The summed E-state index contributed by atoms with van der Waals surface area (Å²) >= 11 is 5.22. The van der Waals surface area contributed by atoms with Gasteiger partial charge in [0.25, 0.3) is 0 Å². The van der Waals surface area contributed by atoms with Gasteiger partial charge in [0.2, 0.25) is 0 Å². The second-order valence-corrected chi connectivity index (χ2v) is 6.20. The lowest BCUT2D eigenvalue weighted by atomic mass is 10.2. The van der Waals surface area contributed by atoms with Crippen molar-refractivity contribution >= 4 is 33.0 Å². The minimum atomic E-state index is -0.228. The number of anilines is 1. The quantitative estimate of drug-likeness (QED) is 0.794. The first kappa shape index (κ1) is 13.6. The second-order valence-electron chi connectivity index (χ2n) is 4.15. The van der Waals surface area contributed by atoms with Crippen molar-refractivity contribution in [2.24, 2.45) is 0 Å². The molecule has 96 valence electrons. The van der Waals surface area contributed by atoms with Gasteiger partial charge in [-0.3, -0.25) is 0 Å². The van der Waals surface area contributed by atoms with Crippen LogP contribution < -0.4 is 5.32 Å². The molecule has 0 aliphatic heterocycles. The molecule has 1 unspecified atom stereocenters. The number of aryl methyl sites for hydroxylation is 1. The number of halogens is 2. The van der Waals surface area contributed by atoms with Crippen LogP contribution in [0.4, 0.5) is 10.1 Å². The molecule has 0 saturated carbocycles. The average Bonchev–Trinajstić information content (AvgIpc) is 2.82. The molecule has 2 rings (SSSR count). The molecular weight excluding hydrogens is 313 g/mol. The molecule has 1 aromatic carbocycles. The van der Waals surface area contributed by atoms with Crippen molar-refractivity contribution in [2.75, 3.05) is 5.32 Å². The van der Waals surface area contributed by atoms with Crippen LogP contribution in [0.5, 0.6) is 0 Å². The highest BCUT2D eigenvalue weighted by molar-refractivity contribution is 9.10. The summed E-state index contributed by atoms with van der Waals surface area (Å²) in [5, 5.41) is 3.33. The van der Waals surface area contributed by atoms with E-state index in [1.807, 2.05) is 0 Å². The monoisotopic (exact) mass is 327 g/mol. The number of nitrogens with one attached hydrogen (secondary N) is 1. The molecule has 1 heterocycles. The topological polar surface area (TPSA) is 12.0 Å². The number of rotatable bonds is 4. The Morgan fingerprint density at radius 2 is 2.11 bits per heavy atom. The fourth-order valence-electron chi connectivity index (χ4n) is 1.73. The fraction of sp³-hybridized carbons (Fsp3) is 0.286. The third-order valence-corrected chi connectivity index (χ3v) is 4.86. The van der Waals surface area contributed by atoms with Crippen LogP contribution in [0.25, 0.3) is 0 Å². The van der Waals surface area contributed by atoms with Gasteiger partial charge in [0.1, 0.15) is 5.82 Å².